The topological polar surface area (TPSA) is 76.2 Å². The zero-order valence-corrected chi connectivity index (χ0v) is 20.1. The highest BCUT2D eigenvalue weighted by Gasteiger charge is 2.41. The molecule has 8 heteroatoms. The Balaban J connectivity index is 2.97. The Bertz CT molecular complexity index is 607. The molecule has 1 aliphatic heterocycles. The van der Waals surface area contributed by atoms with Gasteiger partial charge in [0.2, 0.25) is 11.8 Å². The molecular formula is C21H38N2O5Si. The maximum Gasteiger partial charge on any atom is 0.417 e. The van der Waals surface area contributed by atoms with Gasteiger partial charge in [-0.25, -0.2) is 9.69 Å². The molecule has 0 aromatic heterocycles. The average Bonchev–Trinajstić information content (AvgIpc) is 2.57. The second kappa shape index (κ2) is 10.9. The second-order valence-electron chi connectivity index (χ2n) is 9.67. The molecule has 0 unspecified atom stereocenters. The molecule has 1 saturated heterocycles. The molecule has 0 aromatic carbocycles. The van der Waals surface area contributed by atoms with Crippen molar-refractivity contribution in [2.75, 3.05) is 26.8 Å². The third kappa shape index (κ3) is 9.12. The van der Waals surface area contributed by atoms with E-state index < -0.39 is 25.8 Å². The SMILES string of the molecule is COCCN(CC=CC[Si](C)(C)C)C(=O)[C@@H]1CCCC(=O)N1C(=O)OC(C)(C)C. The van der Waals surface area contributed by atoms with Crippen molar-refractivity contribution < 1.29 is 23.9 Å². The fourth-order valence-electron chi connectivity index (χ4n) is 2.99. The fourth-order valence-corrected chi connectivity index (χ4v) is 3.86. The summed E-state index contributed by atoms with van der Waals surface area (Å²) >= 11 is 0. The van der Waals surface area contributed by atoms with Gasteiger partial charge >= 0.3 is 6.09 Å². The minimum Gasteiger partial charge on any atom is -0.443 e. The van der Waals surface area contributed by atoms with Gasteiger partial charge in [-0.05, 0) is 39.7 Å². The van der Waals surface area contributed by atoms with Crippen LogP contribution in [0, 0.1) is 0 Å². The van der Waals surface area contributed by atoms with Crippen LogP contribution < -0.4 is 0 Å². The third-order valence-corrected chi connectivity index (χ3v) is 5.88. The van der Waals surface area contributed by atoms with Gasteiger partial charge in [0.15, 0.2) is 0 Å². The molecule has 1 fully saturated rings. The summed E-state index contributed by atoms with van der Waals surface area (Å²) in [5.74, 6) is -0.594. The number of allylic oxidation sites excluding steroid dienone is 1. The van der Waals surface area contributed by atoms with Crippen molar-refractivity contribution in [3.8, 4) is 0 Å². The number of carbonyl (C=O) groups is 3. The monoisotopic (exact) mass is 426 g/mol. The van der Waals surface area contributed by atoms with Crippen molar-refractivity contribution in [2.45, 2.75) is 77.4 Å². The van der Waals surface area contributed by atoms with Crippen LogP contribution in [0.1, 0.15) is 40.0 Å². The number of likely N-dealkylation sites (tertiary alicyclic amines) is 1. The van der Waals surface area contributed by atoms with Crippen molar-refractivity contribution in [3.63, 3.8) is 0 Å². The number of hydrogen-bond acceptors (Lipinski definition) is 5. The molecule has 1 atom stereocenters. The van der Waals surface area contributed by atoms with Gasteiger partial charge in [-0.15, -0.1) is 0 Å². The van der Waals surface area contributed by atoms with Gasteiger partial charge in [0.05, 0.1) is 6.61 Å². The number of nitrogens with zero attached hydrogens (tertiary/aromatic N) is 2. The van der Waals surface area contributed by atoms with E-state index in [1.54, 1.807) is 32.8 Å². The first kappa shape index (κ1) is 25.4. The van der Waals surface area contributed by atoms with Gasteiger partial charge in [-0.2, -0.15) is 0 Å². The summed E-state index contributed by atoms with van der Waals surface area (Å²) in [4.78, 5) is 41.0. The van der Waals surface area contributed by atoms with Crippen LogP contribution >= 0.6 is 0 Å². The lowest BCUT2D eigenvalue weighted by Crippen LogP contribution is -2.56. The van der Waals surface area contributed by atoms with Gasteiger partial charge < -0.3 is 14.4 Å². The molecule has 1 aliphatic rings. The lowest BCUT2D eigenvalue weighted by Gasteiger charge is -2.36. The number of carbonyl (C=O) groups excluding carboxylic acids is 3. The highest BCUT2D eigenvalue weighted by Crippen LogP contribution is 2.23. The van der Waals surface area contributed by atoms with E-state index in [9.17, 15) is 14.4 Å². The molecule has 29 heavy (non-hydrogen) atoms. The standard InChI is InChI=1S/C21H38N2O5Si/c1-21(2,3)28-20(26)23-17(11-10-12-18(23)24)19(25)22(14-15-27-4)13-8-9-16-29(5,6)7/h8-9,17H,10-16H2,1-7H3/t17-/m0/s1. The van der Waals surface area contributed by atoms with Crippen LogP contribution in [0.5, 0.6) is 0 Å². The summed E-state index contributed by atoms with van der Waals surface area (Å²) in [7, 11) is 0.383. The lowest BCUT2D eigenvalue weighted by molar-refractivity contribution is -0.147. The minimum absolute atomic E-state index is 0.237. The van der Waals surface area contributed by atoms with E-state index in [1.807, 2.05) is 6.08 Å². The van der Waals surface area contributed by atoms with E-state index in [1.165, 1.54) is 0 Å². The summed E-state index contributed by atoms with van der Waals surface area (Å²) in [6.45, 7) is 13.3. The molecule has 0 N–H and O–H groups in total. The lowest BCUT2D eigenvalue weighted by atomic mass is 10.0. The first-order valence-electron chi connectivity index (χ1n) is 10.3. The summed E-state index contributed by atoms with van der Waals surface area (Å²) in [5.41, 5.74) is -0.738. The molecule has 166 valence electrons. The molecular weight excluding hydrogens is 388 g/mol. The van der Waals surface area contributed by atoms with Crippen LogP contribution in [0.4, 0.5) is 4.79 Å². The Hall–Kier alpha value is -1.67. The predicted octanol–water partition coefficient (Wildman–Crippen LogP) is 3.67. The highest BCUT2D eigenvalue weighted by molar-refractivity contribution is 6.76. The van der Waals surface area contributed by atoms with Crippen molar-refractivity contribution >= 4 is 26.0 Å². The Morgan fingerprint density at radius 2 is 1.90 bits per heavy atom. The predicted molar refractivity (Wildman–Crippen MR) is 116 cm³/mol. The van der Waals surface area contributed by atoms with E-state index in [2.05, 4.69) is 25.7 Å². The zero-order valence-electron chi connectivity index (χ0n) is 19.1. The number of imide groups is 1. The van der Waals surface area contributed by atoms with Crippen LogP contribution in [0.25, 0.3) is 0 Å². The zero-order chi connectivity index (χ0) is 22.2. The first-order chi connectivity index (χ1) is 13.4. The number of piperidine rings is 1. The summed E-state index contributed by atoms with van der Waals surface area (Å²) in [5, 5.41) is 0. The van der Waals surface area contributed by atoms with Crippen LogP contribution in [0.15, 0.2) is 12.2 Å². The molecule has 0 aromatic rings. The number of ether oxygens (including phenoxy) is 2. The van der Waals surface area contributed by atoms with E-state index in [-0.39, 0.29) is 18.2 Å². The van der Waals surface area contributed by atoms with Gasteiger partial charge in [0.25, 0.3) is 0 Å². The second-order valence-corrected chi connectivity index (χ2v) is 15.2. The van der Waals surface area contributed by atoms with E-state index >= 15 is 0 Å². The highest BCUT2D eigenvalue weighted by atomic mass is 28.3. The van der Waals surface area contributed by atoms with Gasteiger partial charge in [-0.3, -0.25) is 9.59 Å². The van der Waals surface area contributed by atoms with Crippen LogP contribution in [0.2, 0.25) is 25.7 Å². The molecule has 0 bridgehead atoms. The molecule has 0 spiro atoms. The Morgan fingerprint density at radius 1 is 1.24 bits per heavy atom. The van der Waals surface area contributed by atoms with Crippen molar-refractivity contribution in [2.24, 2.45) is 0 Å². The third-order valence-electron chi connectivity index (χ3n) is 4.42. The number of hydrogen-bond donors (Lipinski definition) is 0. The van der Waals surface area contributed by atoms with Crippen LogP contribution in [-0.4, -0.2) is 74.2 Å². The largest absolute Gasteiger partial charge is 0.443 e. The van der Waals surface area contributed by atoms with Crippen molar-refractivity contribution in [1.82, 2.24) is 9.80 Å². The quantitative estimate of drug-likeness (QED) is 0.437. The maximum atomic E-state index is 13.3. The number of rotatable bonds is 8. The summed E-state index contributed by atoms with van der Waals surface area (Å²) < 4.78 is 10.5. The maximum absolute atomic E-state index is 13.3. The smallest absolute Gasteiger partial charge is 0.417 e. The van der Waals surface area contributed by atoms with Crippen LogP contribution in [0.3, 0.4) is 0 Å². The van der Waals surface area contributed by atoms with Gasteiger partial charge in [-0.1, -0.05) is 31.8 Å². The number of amides is 3. The molecule has 1 heterocycles. The van der Waals surface area contributed by atoms with Crippen molar-refractivity contribution in [1.29, 1.82) is 0 Å². The van der Waals surface area contributed by atoms with Crippen molar-refractivity contribution in [3.05, 3.63) is 12.2 Å². The average molecular weight is 427 g/mol. The van der Waals surface area contributed by atoms with Gasteiger partial charge in [0.1, 0.15) is 11.6 Å². The van der Waals surface area contributed by atoms with E-state index in [0.29, 0.717) is 32.5 Å². The van der Waals surface area contributed by atoms with E-state index in [0.717, 1.165) is 10.9 Å². The summed E-state index contributed by atoms with van der Waals surface area (Å²) in [6.07, 6.45) is 4.65. The van der Waals surface area contributed by atoms with E-state index in [4.69, 9.17) is 9.47 Å². The molecule has 1 rings (SSSR count). The minimum atomic E-state index is -1.20. The molecule has 0 radical (unpaired) electrons. The molecule has 0 aliphatic carbocycles. The number of methoxy groups -OCH3 is 1. The molecule has 3 amide bonds. The molecule has 7 nitrogen and oxygen atoms in total. The van der Waals surface area contributed by atoms with Gasteiger partial charge in [0, 0.05) is 34.7 Å². The molecule has 0 saturated carbocycles. The van der Waals surface area contributed by atoms with Crippen LogP contribution in [-0.2, 0) is 19.1 Å². The Labute approximate surface area is 176 Å². The Morgan fingerprint density at radius 3 is 2.45 bits per heavy atom. The normalized spacial score (nSPS) is 18.2. The Kier molecular flexibility index (Phi) is 9.55. The first-order valence-corrected chi connectivity index (χ1v) is 14.0. The summed E-state index contributed by atoms with van der Waals surface area (Å²) in [6, 6.07) is 0.207. The fraction of sp³-hybridized carbons (Fsp3) is 0.762.